The van der Waals surface area contributed by atoms with Crippen LogP contribution in [-0.4, -0.2) is 80.5 Å². The van der Waals surface area contributed by atoms with Crippen molar-refractivity contribution in [1.29, 1.82) is 0 Å². The van der Waals surface area contributed by atoms with Crippen molar-refractivity contribution in [2.75, 3.05) is 51.3 Å². The summed E-state index contributed by atoms with van der Waals surface area (Å²) in [5.74, 6) is 0.895. The first kappa shape index (κ1) is 37.4. The third-order valence-corrected chi connectivity index (χ3v) is 11.8. The second-order valence-corrected chi connectivity index (χ2v) is 17.8. The molecule has 0 radical (unpaired) electrons. The Labute approximate surface area is 302 Å². The van der Waals surface area contributed by atoms with Crippen molar-refractivity contribution in [2.45, 2.75) is 70.6 Å². The fourth-order valence-corrected chi connectivity index (χ4v) is 8.12. The van der Waals surface area contributed by atoms with Gasteiger partial charge in [-0.15, -0.1) is 0 Å². The van der Waals surface area contributed by atoms with Crippen LogP contribution >= 0.6 is 23.2 Å². The number of hydrogen-bond donors (Lipinski definition) is 1. The molecule has 1 unspecified atom stereocenters. The highest BCUT2D eigenvalue weighted by Gasteiger charge is 2.62. The quantitative estimate of drug-likeness (QED) is 0.245. The molecule has 3 aromatic rings. The highest BCUT2D eigenvalue weighted by atomic mass is 35.5. The Hall–Kier alpha value is -2.82. The molecule has 266 valence electrons. The van der Waals surface area contributed by atoms with Gasteiger partial charge < -0.3 is 9.64 Å². The van der Waals surface area contributed by atoms with E-state index in [0.29, 0.717) is 55.8 Å². The Morgan fingerprint density at radius 2 is 1.49 bits per heavy atom. The molecule has 0 aromatic heterocycles. The summed E-state index contributed by atoms with van der Waals surface area (Å²) in [5, 5.41) is 5.20. The molecule has 49 heavy (non-hydrogen) atoms. The van der Waals surface area contributed by atoms with Gasteiger partial charge in [-0.2, -0.15) is 0 Å². The Kier molecular flexibility index (Phi) is 11.0. The second kappa shape index (κ2) is 14.4. The van der Waals surface area contributed by atoms with Crippen molar-refractivity contribution in [3.8, 4) is 5.75 Å². The van der Waals surface area contributed by atoms with Crippen LogP contribution in [0.5, 0.6) is 5.75 Å². The van der Waals surface area contributed by atoms with E-state index in [1.807, 2.05) is 65.3 Å². The highest BCUT2D eigenvalue weighted by molar-refractivity contribution is 7.90. The van der Waals surface area contributed by atoms with E-state index in [2.05, 4.69) is 63.0 Å². The minimum absolute atomic E-state index is 0.0919. The number of benzene rings is 3. The van der Waals surface area contributed by atoms with Crippen LogP contribution in [0.2, 0.25) is 10.0 Å². The maximum atomic E-state index is 15.2. The number of amides is 2. The van der Waals surface area contributed by atoms with Gasteiger partial charge in [0.15, 0.2) is 0 Å². The molecule has 0 saturated carbocycles. The maximum Gasteiger partial charge on any atom is 0.322 e. The van der Waals surface area contributed by atoms with E-state index in [-0.39, 0.29) is 17.2 Å². The third-order valence-electron chi connectivity index (χ3n) is 10.3. The normalized spacial score (nSPS) is 23.6. The molecule has 2 heterocycles. The number of piperazine rings is 1. The second-order valence-electron chi connectivity index (χ2n) is 14.7. The van der Waals surface area contributed by atoms with Crippen molar-refractivity contribution >= 4 is 39.1 Å². The van der Waals surface area contributed by atoms with Crippen molar-refractivity contribution in [1.82, 2.24) is 20.0 Å². The molecule has 11 heteroatoms. The molecule has 0 bridgehead atoms. The number of halogens is 2. The number of nitrogens with one attached hydrogen (secondary N) is 1. The van der Waals surface area contributed by atoms with Crippen molar-refractivity contribution in [3.63, 3.8) is 0 Å². The van der Waals surface area contributed by atoms with Gasteiger partial charge in [0.2, 0.25) is 0 Å². The van der Waals surface area contributed by atoms with Gasteiger partial charge in [0.25, 0.3) is 0 Å². The minimum Gasteiger partial charge on any atom is -0.493 e. The van der Waals surface area contributed by atoms with Gasteiger partial charge in [0.05, 0.1) is 23.4 Å². The van der Waals surface area contributed by atoms with E-state index in [9.17, 15) is 8.42 Å². The van der Waals surface area contributed by atoms with Crippen LogP contribution in [0.15, 0.2) is 66.7 Å². The molecule has 2 aliphatic rings. The number of carbonyl (C=O) groups excluding carboxylic acids is 1. The number of urea groups is 1. The van der Waals surface area contributed by atoms with Gasteiger partial charge in [0.1, 0.15) is 21.8 Å². The Balaban J connectivity index is 1.63. The first-order valence-electron chi connectivity index (χ1n) is 17.0. The van der Waals surface area contributed by atoms with Crippen LogP contribution in [0.4, 0.5) is 4.79 Å². The van der Waals surface area contributed by atoms with Gasteiger partial charge in [0, 0.05) is 48.0 Å². The standard InChI is InChI=1S/C38H50Cl2N4O4S/c1-8-48-33-26-29(36(2,3)4)14-19-32(33)34-41-37(5,27-10-15-30(39)16-11-27)38(6,28-12-17-31(40)18-13-28)44(34)35(45)43-23-21-42(22-24-43)20-9-25-49(7,46)47/h10-19,26,34,41H,8-9,20-25H2,1-7H3/t34?,37-,38+/m0/s1. The fourth-order valence-electron chi connectivity index (χ4n) is 7.22. The SMILES string of the molecule is CCOc1cc(C(C)(C)C)ccc1C1N[C@@](C)(c2ccc(Cl)cc2)[C@@](C)(c2ccc(Cl)cc2)N1C(=O)N1CCN(CCCS(C)(=O)=O)CC1. The molecule has 0 spiro atoms. The maximum absolute atomic E-state index is 15.2. The molecule has 3 atom stereocenters. The molecule has 8 nitrogen and oxygen atoms in total. The number of rotatable bonds is 9. The van der Waals surface area contributed by atoms with E-state index in [1.165, 1.54) is 6.26 Å². The van der Waals surface area contributed by atoms with Gasteiger partial charge >= 0.3 is 6.03 Å². The summed E-state index contributed by atoms with van der Waals surface area (Å²) < 4.78 is 29.7. The Morgan fingerprint density at radius 3 is 2.02 bits per heavy atom. The van der Waals surface area contributed by atoms with Crippen LogP contribution in [0, 0.1) is 0 Å². The van der Waals surface area contributed by atoms with Crippen LogP contribution in [0.25, 0.3) is 0 Å². The number of nitrogens with zero attached hydrogens (tertiary/aromatic N) is 3. The topological polar surface area (TPSA) is 82.2 Å². The lowest BCUT2D eigenvalue weighted by atomic mass is 9.71. The highest BCUT2D eigenvalue weighted by Crippen LogP contribution is 2.55. The summed E-state index contributed by atoms with van der Waals surface area (Å²) in [5.41, 5.74) is 2.14. The van der Waals surface area contributed by atoms with Gasteiger partial charge in [-0.1, -0.05) is 80.4 Å². The monoisotopic (exact) mass is 728 g/mol. The molecule has 2 fully saturated rings. The summed E-state index contributed by atoms with van der Waals surface area (Å²) in [7, 11) is -3.02. The average Bonchev–Trinajstić information content (AvgIpc) is 3.28. The number of ether oxygens (including phenoxy) is 1. The van der Waals surface area contributed by atoms with Crippen molar-refractivity contribution in [3.05, 3.63) is 99.0 Å². The summed E-state index contributed by atoms with van der Waals surface area (Å²) in [6, 6.07) is 21.8. The predicted molar refractivity (Wildman–Crippen MR) is 199 cm³/mol. The third kappa shape index (κ3) is 7.76. The number of hydrogen-bond acceptors (Lipinski definition) is 6. The number of sulfone groups is 1. The Morgan fingerprint density at radius 1 is 0.918 bits per heavy atom. The van der Waals surface area contributed by atoms with Gasteiger partial charge in [-0.05, 0) is 86.2 Å². The smallest absolute Gasteiger partial charge is 0.322 e. The lowest BCUT2D eigenvalue weighted by Crippen LogP contribution is -2.59. The zero-order chi connectivity index (χ0) is 35.8. The van der Waals surface area contributed by atoms with Crippen LogP contribution in [-0.2, 0) is 26.3 Å². The fraction of sp³-hybridized carbons (Fsp3) is 0.500. The molecule has 0 aliphatic carbocycles. The van der Waals surface area contributed by atoms with Crippen LogP contribution < -0.4 is 10.1 Å². The van der Waals surface area contributed by atoms with E-state index in [1.54, 1.807) is 0 Å². The lowest BCUT2D eigenvalue weighted by molar-refractivity contribution is 0.0599. The van der Waals surface area contributed by atoms with Gasteiger partial charge in [-0.25, -0.2) is 13.2 Å². The molecule has 2 amide bonds. The Bertz CT molecular complexity index is 1740. The number of carbonyl (C=O) groups is 1. The van der Waals surface area contributed by atoms with E-state index >= 15 is 4.79 Å². The van der Waals surface area contributed by atoms with Gasteiger partial charge in [-0.3, -0.25) is 15.1 Å². The lowest BCUT2D eigenvalue weighted by Gasteiger charge is -2.48. The minimum atomic E-state index is -3.02. The predicted octanol–water partition coefficient (Wildman–Crippen LogP) is 7.60. The largest absolute Gasteiger partial charge is 0.493 e. The molecular weight excluding hydrogens is 679 g/mol. The molecule has 2 saturated heterocycles. The molecule has 1 N–H and O–H groups in total. The van der Waals surface area contributed by atoms with Crippen molar-refractivity contribution < 1.29 is 17.9 Å². The first-order chi connectivity index (χ1) is 23.0. The molecular formula is C38H50Cl2N4O4S. The van der Waals surface area contributed by atoms with Crippen LogP contribution in [0.3, 0.4) is 0 Å². The molecule has 5 rings (SSSR count). The van der Waals surface area contributed by atoms with Crippen molar-refractivity contribution in [2.24, 2.45) is 0 Å². The van der Waals surface area contributed by atoms with Crippen LogP contribution in [0.1, 0.15) is 76.4 Å². The molecule has 2 aliphatic heterocycles. The summed E-state index contributed by atoms with van der Waals surface area (Å²) in [6.07, 6.45) is 1.29. The van der Waals surface area contributed by atoms with E-state index in [0.717, 1.165) is 28.0 Å². The zero-order valence-corrected chi connectivity index (χ0v) is 32.1. The zero-order valence-electron chi connectivity index (χ0n) is 29.7. The molecule has 3 aromatic carbocycles. The first-order valence-corrected chi connectivity index (χ1v) is 19.8. The summed E-state index contributed by atoms with van der Waals surface area (Å²) >= 11 is 12.8. The van der Waals surface area contributed by atoms with E-state index < -0.39 is 27.1 Å². The van der Waals surface area contributed by atoms with E-state index in [4.69, 9.17) is 27.9 Å². The summed E-state index contributed by atoms with van der Waals surface area (Å²) in [6.45, 7) is 16.3. The summed E-state index contributed by atoms with van der Waals surface area (Å²) in [4.78, 5) is 21.3. The average molecular weight is 730 g/mol.